The first-order valence-corrected chi connectivity index (χ1v) is 16.4. The summed E-state index contributed by atoms with van der Waals surface area (Å²) in [6, 6.07) is 45.9. The minimum atomic E-state index is 0.326. The number of allylic oxidation sites excluding steroid dienone is 6. The van der Waals surface area contributed by atoms with Crippen LogP contribution in [0.15, 0.2) is 174 Å². The van der Waals surface area contributed by atoms with Gasteiger partial charge in [0.15, 0.2) is 0 Å². The van der Waals surface area contributed by atoms with Crippen LogP contribution < -0.4 is 4.90 Å². The summed E-state index contributed by atoms with van der Waals surface area (Å²) in [5.74, 6) is 0.326. The summed E-state index contributed by atoms with van der Waals surface area (Å²) in [4.78, 5) is 2.39. The number of hydrogen-bond donors (Lipinski definition) is 0. The quantitative estimate of drug-likeness (QED) is 0.149. The van der Waals surface area contributed by atoms with Crippen molar-refractivity contribution in [2.24, 2.45) is 0 Å². The van der Waals surface area contributed by atoms with E-state index in [0.29, 0.717) is 5.92 Å². The van der Waals surface area contributed by atoms with Crippen LogP contribution in [0, 0.1) is 0 Å². The summed E-state index contributed by atoms with van der Waals surface area (Å²) in [6.45, 7) is 2.82. The van der Waals surface area contributed by atoms with Gasteiger partial charge < -0.3 is 9.47 Å². The Morgan fingerprint density at radius 1 is 0.778 bits per heavy atom. The van der Waals surface area contributed by atoms with Crippen molar-refractivity contribution in [2.45, 2.75) is 19.3 Å². The number of para-hydroxylation sites is 2. The van der Waals surface area contributed by atoms with Gasteiger partial charge in [-0.05, 0) is 78.6 Å². The van der Waals surface area contributed by atoms with Crippen molar-refractivity contribution in [1.29, 1.82) is 0 Å². The topological polar surface area (TPSA) is 8.17 Å². The van der Waals surface area contributed by atoms with Crippen molar-refractivity contribution in [2.75, 3.05) is 11.4 Å². The van der Waals surface area contributed by atoms with Crippen LogP contribution in [0.1, 0.15) is 24.8 Å². The maximum absolute atomic E-state index is 3.62. The largest absolute Gasteiger partial charge is 0.338 e. The van der Waals surface area contributed by atoms with E-state index in [9.17, 15) is 0 Å². The van der Waals surface area contributed by atoms with E-state index in [2.05, 4.69) is 189 Å². The van der Waals surface area contributed by atoms with Gasteiger partial charge in [0.1, 0.15) is 0 Å². The zero-order valence-corrected chi connectivity index (χ0v) is 26.9. The molecule has 1 heterocycles. The first kappa shape index (κ1) is 28.9. The maximum atomic E-state index is 3.62. The van der Waals surface area contributed by atoms with Crippen molar-refractivity contribution >= 4 is 43.4 Å². The lowest BCUT2D eigenvalue weighted by atomic mass is 9.90. The van der Waals surface area contributed by atoms with Crippen LogP contribution in [0.3, 0.4) is 0 Å². The number of anilines is 1. The second kappa shape index (κ2) is 13.0. The fourth-order valence-electron chi connectivity index (χ4n) is 6.32. The predicted octanol–water partition coefficient (Wildman–Crippen LogP) is 11.7. The van der Waals surface area contributed by atoms with Gasteiger partial charge in [-0.2, -0.15) is 0 Å². The Kier molecular flexibility index (Phi) is 8.35. The highest BCUT2D eigenvalue weighted by Crippen LogP contribution is 2.37. The third-order valence-electron chi connectivity index (χ3n) is 8.66. The lowest BCUT2D eigenvalue weighted by molar-refractivity contribution is 0.833. The van der Waals surface area contributed by atoms with Gasteiger partial charge in [0.05, 0.1) is 11.0 Å². The number of rotatable bonds is 8. The summed E-state index contributed by atoms with van der Waals surface area (Å²) in [6.07, 6.45) is 14.4. The molecule has 1 aromatic heterocycles. The smallest absolute Gasteiger partial charge is 0.0541 e. The third-order valence-corrected chi connectivity index (χ3v) is 9.38. The molecule has 0 amide bonds. The van der Waals surface area contributed by atoms with E-state index in [-0.39, 0.29) is 0 Å². The fraction of sp³-hybridized carbons (Fsp3) is 0.0952. The summed E-state index contributed by atoms with van der Waals surface area (Å²) >= 11 is 3.62. The fourth-order valence-corrected chi connectivity index (χ4v) is 6.51. The molecule has 1 aliphatic carbocycles. The van der Waals surface area contributed by atoms with E-state index in [1.54, 1.807) is 0 Å². The molecule has 220 valence electrons. The van der Waals surface area contributed by atoms with Crippen LogP contribution in [-0.2, 0) is 0 Å². The second-order valence-electron chi connectivity index (χ2n) is 11.4. The van der Waals surface area contributed by atoms with Gasteiger partial charge in [-0.3, -0.25) is 0 Å². The minimum Gasteiger partial charge on any atom is -0.338 e. The summed E-state index contributed by atoms with van der Waals surface area (Å²) in [5, 5.41) is 2.59. The number of nitrogens with zero attached hydrogens (tertiary/aromatic N) is 2. The Hall–Kier alpha value is -4.86. The van der Waals surface area contributed by atoms with Gasteiger partial charge in [0.25, 0.3) is 0 Å². The zero-order valence-electron chi connectivity index (χ0n) is 25.4. The molecule has 1 unspecified atom stereocenters. The number of fused-ring (bicyclic) bond motifs is 3. The van der Waals surface area contributed by atoms with E-state index in [1.807, 2.05) is 6.92 Å². The zero-order chi connectivity index (χ0) is 30.6. The van der Waals surface area contributed by atoms with Crippen LogP contribution in [0.4, 0.5) is 5.69 Å². The van der Waals surface area contributed by atoms with Gasteiger partial charge >= 0.3 is 0 Å². The van der Waals surface area contributed by atoms with Crippen LogP contribution in [0.2, 0.25) is 0 Å². The molecule has 0 saturated carbocycles. The molecule has 45 heavy (non-hydrogen) atoms. The molecule has 0 bridgehead atoms. The molecule has 7 rings (SSSR count). The standard InChI is InChI=1S/C42H35BrN2/c1-2-35(43)14-11-29-44(36-24-19-32(20-25-36)31-12-5-3-6-13-31)37-26-21-33(22-27-37)34-23-28-42-40(30-34)39-17-9-10-18-41(39)45(42)38-15-7-4-8-16-38/h2-21,23-28,30,33H,22,29H2,1H3. The first-order valence-electron chi connectivity index (χ1n) is 15.6. The number of aromatic nitrogens is 1. The molecule has 1 atom stereocenters. The van der Waals surface area contributed by atoms with E-state index in [4.69, 9.17) is 0 Å². The van der Waals surface area contributed by atoms with Gasteiger partial charge in [-0.25, -0.2) is 0 Å². The van der Waals surface area contributed by atoms with E-state index in [0.717, 1.165) is 17.4 Å². The van der Waals surface area contributed by atoms with Crippen LogP contribution >= 0.6 is 15.9 Å². The Labute approximate surface area is 274 Å². The lowest BCUT2D eigenvalue weighted by Gasteiger charge is -2.28. The maximum Gasteiger partial charge on any atom is 0.0541 e. The molecule has 0 aliphatic heterocycles. The molecule has 5 aromatic carbocycles. The molecule has 6 aromatic rings. The average Bonchev–Trinajstić information content (AvgIpc) is 3.45. The normalized spacial score (nSPS) is 15.2. The highest BCUT2D eigenvalue weighted by molar-refractivity contribution is 9.11. The van der Waals surface area contributed by atoms with Crippen molar-refractivity contribution in [3.63, 3.8) is 0 Å². The number of halogens is 1. The average molecular weight is 648 g/mol. The molecule has 0 radical (unpaired) electrons. The van der Waals surface area contributed by atoms with Crippen molar-refractivity contribution in [3.05, 3.63) is 180 Å². The van der Waals surface area contributed by atoms with E-state index < -0.39 is 0 Å². The Morgan fingerprint density at radius 3 is 2.20 bits per heavy atom. The molecular weight excluding hydrogens is 612 g/mol. The molecule has 0 fully saturated rings. The van der Waals surface area contributed by atoms with Crippen LogP contribution in [-0.4, -0.2) is 11.1 Å². The van der Waals surface area contributed by atoms with Gasteiger partial charge in [0.2, 0.25) is 0 Å². The van der Waals surface area contributed by atoms with Crippen LogP contribution in [0.25, 0.3) is 38.6 Å². The Morgan fingerprint density at radius 2 is 1.47 bits per heavy atom. The van der Waals surface area contributed by atoms with Crippen molar-refractivity contribution < 1.29 is 0 Å². The van der Waals surface area contributed by atoms with Gasteiger partial charge in [-0.1, -0.05) is 131 Å². The molecule has 0 N–H and O–H groups in total. The van der Waals surface area contributed by atoms with Gasteiger partial charge in [-0.15, -0.1) is 0 Å². The summed E-state index contributed by atoms with van der Waals surface area (Å²) in [7, 11) is 0. The van der Waals surface area contributed by atoms with E-state index >= 15 is 0 Å². The summed E-state index contributed by atoms with van der Waals surface area (Å²) < 4.78 is 3.46. The first-order chi connectivity index (χ1) is 22.2. The molecule has 0 saturated heterocycles. The minimum absolute atomic E-state index is 0.326. The number of benzene rings is 5. The third kappa shape index (κ3) is 5.96. The summed E-state index contributed by atoms with van der Waals surface area (Å²) in [5.41, 5.74) is 9.88. The predicted molar refractivity (Wildman–Crippen MR) is 196 cm³/mol. The second-order valence-corrected chi connectivity index (χ2v) is 12.3. The SMILES string of the molecule is CC=C(Br)C=CCN(C1=CCC(c2ccc3c(c2)c2ccccc2n3-c2ccccc2)C=C1)c1ccc(-c2ccccc2)cc1. The Bertz CT molecular complexity index is 2060. The highest BCUT2D eigenvalue weighted by Gasteiger charge is 2.18. The van der Waals surface area contributed by atoms with Crippen molar-refractivity contribution in [3.8, 4) is 16.8 Å². The lowest BCUT2D eigenvalue weighted by Crippen LogP contribution is -2.23. The monoisotopic (exact) mass is 646 g/mol. The molecule has 1 aliphatic rings. The van der Waals surface area contributed by atoms with E-state index in [1.165, 1.54) is 55.6 Å². The van der Waals surface area contributed by atoms with Crippen molar-refractivity contribution in [1.82, 2.24) is 4.57 Å². The highest BCUT2D eigenvalue weighted by atomic mass is 79.9. The molecule has 3 heteroatoms. The number of hydrogen-bond acceptors (Lipinski definition) is 1. The van der Waals surface area contributed by atoms with Crippen LogP contribution in [0.5, 0.6) is 0 Å². The molecular formula is C42H35BrN2. The molecule has 2 nitrogen and oxygen atoms in total. The molecule has 0 spiro atoms. The van der Waals surface area contributed by atoms with Gasteiger partial charge in [0, 0.05) is 44.8 Å². The Balaban J connectivity index is 1.18.